The second-order valence-corrected chi connectivity index (χ2v) is 5.04. The van der Waals surface area contributed by atoms with E-state index < -0.39 is 0 Å². The Kier molecular flexibility index (Phi) is 1.77. The Bertz CT molecular complexity index is 540. The zero-order chi connectivity index (χ0) is 10.6. The predicted molar refractivity (Wildman–Crippen MR) is 62.7 cm³/mol. The number of aryl methyl sites for hydroxylation is 1. The number of aromatic nitrogens is 2. The van der Waals surface area contributed by atoms with Gasteiger partial charge in [0, 0.05) is 11.7 Å². The minimum atomic E-state index is -0.0753. The molecular formula is C11H12BrN3. The molecule has 0 aromatic carbocycles. The van der Waals surface area contributed by atoms with Crippen LogP contribution in [-0.2, 0) is 5.54 Å². The van der Waals surface area contributed by atoms with E-state index in [-0.39, 0.29) is 5.54 Å². The summed E-state index contributed by atoms with van der Waals surface area (Å²) in [5, 5.41) is 0. The van der Waals surface area contributed by atoms with E-state index in [1.165, 1.54) is 5.56 Å². The first kappa shape index (κ1) is 9.36. The lowest BCUT2D eigenvalue weighted by Gasteiger charge is -2.08. The van der Waals surface area contributed by atoms with Crippen molar-refractivity contribution in [1.29, 1.82) is 0 Å². The molecule has 1 aliphatic carbocycles. The maximum atomic E-state index is 6.16. The van der Waals surface area contributed by atoms with Gasteiger partial charge in [-0.2, -0.15) is 0 Å². The number of hydrogen-bond acceptors (Lipinski definition) is 2. The van der Waals surface area contributed by atoms with Crippen LogP contribution >= 0.6 is 15.9 Å². The SMILES string of the molecule is Cc1nc2cc(C3(N)CC3)ccn2c1Br. The molecular weight excluding hydrogens is 254 g/mol. The molecule has 4 heteroatoms. The highest BCUT2D eigenvalue weighted by Crippen LogP contribution is 2.42. The number of halogens is 1. The van der Waals surface area contributed by atoms with Crippen LogP contribution in [0.1, 0.15) is 24.1 Å². The Balaban J connectivity index is 2.22. The van der Waals surface area contributed by atoms with Gasteiger partial charge in [0.25, 0.3) is 0 Å². The predicted octanol–water partition coefficient (Wildman–Crippen LogP) is 2.35. The van der Waals surface area contributed by atoms with Crippen molar-refractivity contribution in [2.45, 2.75) is 25.3 Å². The molecule has 3 nitrogen and oxygen atoms in total. The largest absolute Gasteiger partial charge is 0.321 e. The Hall–Kier alpha value is -0.870. The van der Waals surface area contributed by atoms with Gasteiger partial charge in [-0.3, -0.25) is 4.40 Å². The maximum Gasteiger partial charge on any atom is 0.138 e. The van der Waals surface area contributed by atoms with Gasteiger partial charge in [0.1, 0.15) is 10.3 Å². The zero-order valence-corrected chi connectivity index (χ0v) is 10.1. The number of fused-ring (bicyclic) bond motifs is 1. The molecule has 2 aromatic rings. The van der Waals surface area contributed by atoms with Crippen molar-refractivity contribution < 1.29 is 0 Å². The van der Waals surface area contributed by atoms with Gasteiger partial charge in [0.2, 0.25) is 0 Å². The van der Waals surface area contributed by atoms with Crippen LogP contribution in [0.15, 0.2) is 22.9 Å². The molecule has 0 radical (unpaired) electrons. The molecule has 0 spiro atoms. The molecule has 15 heavy (non-hydrogen) atoms. The number of hydrogen-bond donors (Lipinski definition) is 1. The molecule has 1 saturated carbocycles. The standard InChI is InChI=1S/C11H12BrN3/c1-7-10(12)15-5-2-8(6-9(15)14-7)11(13)3-4-11/h2,5-6H,3-4,13H2,1H3. The van der Waals surface area contributed by atoms with Crippen molar-refractivity contribution >= 4 is 21.6 Å². The summed E-state index contributed by atoms with van der Waals surface area (Å²) in [4.78, 5) is 4.48. The Morgan fingerprint density at radius 3 is 2.93 bits per heavy atom. The topological polar surface area (TPSA) is 43.3 Å². The highest BCUT2D eigenvalue weighted by Gasteiger charge is 2.40. The van der Waals surface area contributed by atoms with E-state index >= 15 is 0 Å². The van der Waals surface area contributed by atoms with E-state index in [0.29, 0.717) is 0 Å². The Morgan fingerprint density at radius 1 is 1.53 bits per heavy atom. The van der Waals surface area contributed by atoms with Gasteiger partial charge in [-0.05, 0) is 53.4 Å². The molecule has 0 bridgehead atoms. The van der Waals surface area contributed by atoms with Gasteiger partial charge in [0.05, 0.1) is 5.69 Å². The van der Waals surface area contributed by atoms with Crippen LogP contribution in [0.2, 0.25) is 0 Å². The second-order valence-electron chi connectivity index (χ2n) is 4.29. The fourth-order valence-corrected chi connectivity index (χ4v) is 2.25. The number of imidazole rings is 1. The van der Waals surface area contributed by atoms with Crippen LogP contribution in [-0.4, -0.2) is 9.38 Å². The van der Waals surface area contributed by atoms with E-state index in [4.69, 9.17) is 5.73 Å². The van der Waals surface area contributed by atoms with Gasteiger partial charge < -0.3 is 5.73 Å². The summed E-state index contributed by atoms with van der Waals surface area (Å²) in [5.41, 5.74) is 9.26. The normalized spacial score (nSPS) is 18.3. The lowest BCUT2D eigenvalue weighted by atomic mass is 10.1. The van der Waals surface area contributed by atoms with Crippen molar-refractivity contribution in [1.82, 2.24) is 9.38 Å². The van der Waals surface area contributed by atoms with Crippen LogP contribution in [0.25, 0.3) is 5.65 Å². The van der Waals surface area contributed by atoms with Gasteiger partial charge >= 0.3 is 0 Å². The van der Waals surface area contributed by atoms with Crippen LogP contribution in [0.5, 0.6) is 0 Å². The van der Waals surface area contributed by atoms with E-state index in [1.54, 1.807) is 0 Å². The average Bonchev–Trinajstić information content (AvgIpc) is 2.90. The molecule has 1 aliphatic rings. The summed E-state index contributed by atoms with van der Waals surface area (Å²) in [6, 6.07) is 4.18. The third-order valence-electron chi connectivity index (χ3n) is 3.09. The Labute approximate surface area is 96.4 Å². The average molecular weight is 266 g/mol. The molecule has 0 aliphatic heterocycles. The van der Waals surface area contributed by atoms with Crippen LogP contribution in [0.4, 0.5) is 0 Å². The summed E-state index contributed by atoms with van der Waals surface area (Å²) in [7, 11) is 0. The molecule has 78 valence electrons. The minimum Gasteiger partial charge on any atom is -0.321 e. The molecule has 2 heterocycles. The first-order valence-corrected chi connectivity index (χ1v) is 5.83. The lowest BCUT2D eigenvalue weighted by molar-refractivity contribution is 0.738. The van der Waals surface area contributed by atoms with Crippen LogP contribution < -0.4 is 5.73 Å². The van der Waals surface area contributed by atoms with Gasteiger partial charge in [-0.15, -0.1) is 0 Å². The van der Waals surface area contributed by atoms with Crippen molar-refractivity contribution in [3.63, 3.8) is 0 Å². The highest BCUT2D eigenvalue weighted by molar-refractivity contribution is 9.10. The maximum absolute atomic E-state index is 6.16. The molecule has 3 rings (SSSR count). The van der Waals surface area contributed by atoms with Crippen molar-refractivity contribution in [3.8, 4) is 0 Å². The first-order valence-electron chi connectivity index (χ1n) is 5.04. The van der Waals surface area contributed by atoms with Crippen molar-refractivity contribution in [2.24, 2.45) is 5.73 Å². The monoisotopic (exact) mass is 265 g/mol. The third-order valence-corrected chi connectivity index (χ3v) is 4.05. The van der Waals surface area contributed by atoms with E-state index in [1.807, 2.05) is 17.5 Å². The lowest BCUT2D eigenvalue weighted by Crippen LogP contribution is -2.18. The van der Waals surface area contributed by atoms with Crippen LogP contribution in [0, 0.1) is 6.92 Å². The quantitative estimate of drug-likeness (QED) is 0.861. The van der Waals surface area contributed by atoms with Gasteiger partial charge in [-0.1, -0.05) is 0 Å². The fraction of sp³-hybridized carbons (Fsp3) is 0.364. The fourth-order valence-electron chi connectivity index (χ4n) is 1.87. The molecule has 0 atom stereocenters. The third kappa shape index (κ3) is 1.32. The van der Waals surface area contributed by atoms with Crippen LogP contribution in [0.3, 0.4) is 0 Å². The molecule has 2 aromatic heterocycles. The second kappa shape index (κ2) is 2.83. The molecule has 0 amide bonds. The number of pyridine rings is 1. The summed E-state index contributed by atoms with van der Waals surface area (Å²) in [6.07, 6.45) is 4.20. The smallest absolute Gasteiger partial charge is 0.138 e. The zero-order valence-electron chi connectivity index (χ0n) is 8.50. The number of nitrogens with zero attached hydrogens (tertiary/aromatic N) is 2. The van der Waals surface area contributed by atoms with E-state index in [2.05, 4.69) is 33.0 Å². The Morgan fingerprint density at radius 2 is 2.27 bits per heavy atom. The summed E-state index contributed by atoms with van der Waals surface area (Å²) >= 11 is 3.51. The van der Waals surface area contributed by atoms with Gasteiger partial charge in [-0.25, -0.2) is 4.98 Å². The minimum absolute atomic E-state index is 0.0753. The van der Waals surface area contributed by atoms with E-state index in [0.717, 1.165) is 28.8 Å². The first-order chi connectivity index (χ1) is 7.10. The molecule has 1 fully saturated rings. The highest BCUT2D eigenvalue weighted by atomic mass is 79.9. The number of rotatable bonds is 1. The summed E-state index contributed by atoms with van der Waals surface area (Å²) in [6.45, 7) is 1.99. The summed E-state index contributed by atoms with van der Waals surface area (Å²) < 4.78 is 3.05. The molecule has 0 unspecified atom stereocenters. The van der Waals surface area contributed by atoms with Gasteiger partial charge in [0.15, 0.2) is 0 Å². The molecule has 0 saturated heterocycles. The van der Waals surface area contributed by atoms with E-state index in [9.17, 15) is 0 Å². The molecule has 2 N–H and O–H groups in total. The summed E-state index contributed by atoms with van der Waals surface area (Å²) in [5.74, 6) is 0. The van der Waals surface area contributed by atoms with Crippen molar-refractivity contribution in [2.75, 3.05) is 0 Å². The van der Waals surface area contributed by atoms with Crippen molar-refractivity contribution in [3.05, 3.63) is 34.2 Å². The number of nitrogens with two attached hydrogens (primary N) is 1.